The summed E-state index contributed by atoms with van der Waals surface area (Å²) >= 11 is 4.20. The van der Waals surface area contributed by atoms with E-state index in [4.69, 9.17) is 0 Å². The molecule has 1 fully saturated rings. The first-order valence-corrected chi connectivity index (χ1v) is 7.46. The number of carbonyl (C=O) groups excluding carboxylic acids is 1. The Bertz CT molecular complexity index is 229. The van der Waals surface area contributed by atoms with Gasteiger partial charge in [-0.2, -0.15) is 12.6 Å². The molecule has 0 saturated carbocycles. The van der Waals surface area contributed by atoms with Gasteiger partial charge in [-0.15, -0.1) is 0 Å². The van der Waals surface area contributed by atoms with Crippen LogP contribution in [0.5, 0.6) is 0 Å². The molecule has 0 aliphatic carbocycles. The van der Waals surface area contributed by atoms with Crippen LogP contribution in [0.15, 0.2) is 0 Å². The van der Waals surface area contributed by atoms with E-state index in [-0.39, 0.29) is 11.4 Å². The quantitative estimate of drug-likeness (QED) is 0.303. The van der Waals surface area contributed by atoms with Crippen molar-refractivity contribution in [1.29, 1.82) is 0 Å². The monoisotopic (exact) mass is 258 g/mol. The molecule has 17 heavy (non-hydrogen) atoms. The number of unbranched alkanes of at least 4 members (excludes halogenated alkanes) is 6. The van der Waals surface area contributed by atoms with E-state index in [0.29, 0.717) is 6.42 Å². The molecule has 0 aromatic heterocycles. The molecule has 100 valence electrons. The van der Waals surface area contributed by atoms with Gasteiger partial charge in [-0.1, -0.05) is 38.5 Å². The van der Waals surface area contributed by atoms with Gasteiger partial charge in [0.1, 0.15) is 11.4 Å². The van der Waals surface area contributed by atoms with Crippen molar-refractivity contribution in [3.63, 3.8) is 0 Å². The summed E-state index contributed by atoms with van der Waals surface area (Å²) in [7, 11) is 0. The number of hydrazine groups is 1. The summed E-state index contributed by atoms with van der Waals surface area (Å²) in [5, 5.41) is 0. The normalized spacial score (nSPS) is 17.1. The van der Waals surface area contributed by atoms with Crippen molar-refractivity contribution >= 4 is 18.4 Å². The fourth-order valence-electron chi connectivity index (χ4n) is 2.24. The lowest BCUT2D eigenvalue weighted by Gasteiger charge is -2.09. The summed E-state index contributed by atoms with van der Waals surface area (Å²) in [6.45, 7) is 1.66. The van der Waals surface area contributed by atoms with Crippen LogP contribution in [0.1, 0.15) is 64.7 Å². The fourth-order valence-corrected chi connectivity index (χ4v) is 2.46. The Morgan fingerprint density at radius 1 is 1.00 bits per heavy atom. The largest absolute Gasteiger partial charge is 0.300 e. The predicted octanol–water partition coefficient (Wildman–Crippen LogP) is 2.82. The predicted molar refractivity (Wildman–Crippen MR) is 75.1 cm³/mol. The van der Waals surface area contributed by atoms with Crippen LogP contribution in [0.4, 0.5) is 0 Å². The average Bonchev–Trinajstić information content (AvgIpc) is 3.01. The Kier molecular flexibility index (Phi) is 7.16. The van der Waals surface area contributed by atoms with E-state index in [1.54, 1.807) is 6.92 Å². The van der Waals surface area contributed by atoms with Crippen molar-refractivity contribution in [2.45, 2.75) is 70.4 Å². The zero-order valence-electron chi connectivity index (χ0n) is 10.9. The highest BCUT2D eigenvalue weighted by molar-refractivity contribution is 7.80. The number of rotatable bonds is 11. The van der Waals surface area contributed by atoms with Gasteiger partial charge in [0, 0.05) is 6.42 Å². The number of nitrogens with one attached hydrogen (secondary N) is 2. The lowest BCUT2D eigenvalue weighted by Crippen LogP contribution is -2.21. The molecule has 4 heteroatoms. The van der Waals surface area contributed by atoms with E-state index in [0.717, 1.165) is 12.2 Å². The lowest BCUT2D eigenvalue weighted by molar-refractivity contribution is -0.117. The highest BCUT2D eigenvalue weighted by Gasteiger charge is 2.41. The number of carbonyl (C=O) groups is 1. The molecule has 0 unspecified atom stereocenters. The lowest BCUT2D eigenvalue weighted by atomic mass is 10.00. The third-order valence-corrected chi connectivity index (χ3v) is 3.61. The number of thiol groups is 1. The summed E-state index contributed by atoms with van der Waals surface area (Å²) in [6, 6.07) is 0. The van der Waals surface area contributed by atoms with Gasteiger partial charge in [-0.05, 0) is 25.5 Å². The minimum absolute atomic E-state index is 0.0438. The molecule has 0 bridgehead atoms. The standard InChI is InChI=1S/C13H26N2OS/c1-12(16)11-13(14-15-13)9-7-5-3-2-4-6-8-10-17/h14-15,17H,2-11H2,1H3. The molecule has 1 aliphatic rings. The maximum absolute atomic E-state index is 11.0. The van der Waals surface area contributed by atoms with Crippen molar-refractivity contribution < 1.29 is 4.79 Å². The third-order valence-electron chi connectivity index (χ3n) is 3.29. The highest BCUT2D eigenvalue weighted by Crippen LogP contribution is 2.24. The summed E-state index contributed by atoms with van der Waals surface area (Å²) in [6.07, 6.45) is 10.8. The molecule has 0 aromatic carbocycles. The molecule has 1 heterocycles. The Balaban J connectivity index is 1.89. The summed E-state index contributed by atoms with van der Waals surface area (Å²) in [5.74, 6) is 1.28. The van der Waals surface area contributed by atoms with Crippen LogP contribution in [0.3, 0.4) is 0 Å². The Labute approximate surface area is 110 Å². The maximum Gasteiger partial charge on any atom is 0.133 e. The molecule has 0 radical (unpaired) electrons. The Hall–Kier alpha value is -0.0600. The van der Waals surface area contributed by atoms with Crippen LogP contribution in [-0.2, 0) is 4.79 Å². The maximum atomic E-state index is 11.0. The minimum Gasteiger partial charge on any atom is -0.300 e. The van der Waals surface area contributed by atoms with Gasteiger partial charge in [0.05, 0.1) is 0 Å². The van der Waals surface area contributed by atoms with Crippen LogP contribution in [0.25, 0.3) is 0 Å². The summed E-state index contributed by atoms with van der Waals surface area (Å²) < 4.78 is 0. The first-order valence-electron chi connectivity index (χ1n) is 6.83. The summed E-state index contributed by atoms with van der Waals surface area (Å²) in [4.78, 5) is 11.0. The highest BCUT2D eigenvalue weighted by atomic mass is 32.1. The number of hydrogen-bond donors (Lipinski definition) is 3. The van der Waals surface area contributed by atoms with Crippen LogP contribution in [0.2, 0.25) is 0 Å². The smallest absolute Gasteiger partial charge is 0.133 e. The van der Waals surface area contributed by atoms with Crippen molar-refractivity contribution in [3.05, 3.63) is 0 Å². The van der Waals surface area contributed by atoms with E-state index in [1.807, 2.05) is 0 Å². The molecule has 1 rings (SSSR count). The van der Waals surface area contributed by atoms with Gasteiger partial charge in [-0.3, -0.25) is 4.79 Å². The zero-order valence-corrected chi connectivity index (χ0v) is 11.8. The molecule has 3 nitrogen and oxygen atoms in total. The van der Waals surface area contributed by atoms with Crippen molar-refractivity contribution in [3.8, 4) is 0 Å². The minimum atomic E-state index is -0.0438. The van der Waals surface area contributed by atoms with Gasteiger partial charge >= 0.3 is 0 Å². The molecular weight excluding hydrogens is 232 g/mol. The first-order chi connectivity index (χ1) is 8.18. The molecule has 0 spiro atoms. The van der Waals surface area contributed by atoms with Gasteiger partial charge in [0.15, 0.2) is 0 Å². The molecule has 0 aromatic rings. The summed E-state index contributed by atoms with van der Waals surface area (Å²) in [5.41, 5.74) is 6.19. The molecular formula is C13H26N2OS. The number of Topliss-reactive ketones (excluding diaryl/α,β-unsaturated/α-hetero) is 1. The second-order valence-electron chi connectivity index (χ2n) is 5.16. The molecule has 0 atom stereocenters. The number of ketones is 1. The molecule has 2 N–H and O–H groups in total. The van der Waals surface area contributed by atoms with Crippen molar-refractivity contribution in [2.75, 3.05) is 5.75 Å². The zero-order chi connectivity index (χ0) is 12.6. The van der Waals surface area contributed by atoms with Gasteiger partial charge in [0.25, 0.3) is 0 Å². The van der Waals surface area contributed by atoms with E-state index in [1.165, 1.54) is 44.9 Å². The third kappa shape index (κ3) is 7.06. The van der Waals surface area contributed by atoms with Crippen LogP contribution >= 0.6 is 12.6 Å². The van der Waals surface area contributed by atoms with Gasteiger partial charge < -0.3 is 0 Å². The molecule has 0 amide bonds. The molecule has 1 aliphatic heterocycles. The Morgan fingerprint density at radius 3 is 2.00 bits per heavy atom. The molecule has 1 saturated heterocycles. The van der Waals surface area contributed by atoms with Gasteiger partial charge in [0.2, 0.25) is 0 Å². The average molecular weight is 258 g/mol. The Morgan fingerprint density at radius 2 is 1.53 bits per heavy atom. The van der Waals surface area contributed by atoms with E-state index in [2.05, 4.69) is 23.5 Å². The fraction of sp³-hybridized carbons (Fsp3) is 0.923. The van der Waals surface area contributed by atoms with Crippen molar-refractivity contribution in [1.82, 2.24) is 10.9 Å². The van der Waals surface area contributed by atoms with Crippen molar-refractivity contribution in [2.24, 2.45) is 0 Å². The van der Waals surface area contributed by atoms with Crippen LogP contribution < -0.4 is 10.9 Å². The van der Waals surface area contributed by atoms with Crippen LogP contribution in [0, 0.1) is 0 Å². The topological polar surface area (TPSA) is 61.0 Å². The SMILES string of the molecule is CC(=O)CC1(CCCCCCCCCS)NN1. The number of hydrogen-bond acceptors (Lipinski definition) is 4. The first kappa shape index (κ1) is 15.0. The van der Waals surface area contributed by atoms with E-state index >= 15 is 0 Å². The van der Waals surface area contributed by atoms with E-state index < -0.39 is 0 Å². The second-order valence-corrected chi connectivity index (χ2v) is 5.61. The second kappa shape index (κ2) is 8.11. The van der Waals surface area contributed by atoms with Gasteiger partial charge in [-0.25, -0.2) is 10.9 Å². The van der Waals surface area contributed by atoms with Crippen LogP contribution in [-0.4, -0.2) is 17.2 Å². The van der Waals surface area contributed by atoms with E-state index in [9.17, 15) is 4.79 Å².